The van der Waals surface area contributed by atoms with Crippen molar-refractivity contribution in [2.45, 2.75) is 25.0 Å². The van der Waals surface area contributed by atoms with Gasteiger partial charge in [-0.15, -0.1) is 0 Å². The molecule has 0 spiro atoms. The van der Waals surface area contributed by atoms with Crippen molar-refractivity contribution < 1.29 is 27.2 Å². The summed E-state index contributed by atoms with van der Waals surface area (Å²) < 4.78 is 43.6. The summed E-state index contributed by atoms with van der Waals surface area (Å²) in [6, 6.07) is 7.16. The quantitative estimate of drug-likeness (QED) is 0.491. The minimum Gasteiger partial charge on any atom is -0.496 e. The summed E-state index contributed by atoms with van der Waals surface area (Å²) in [4.78, 5) is 20.0. The number of hydrogen-bond donors (Lipinski definition) is 1. The molecule has 0 fully saturated rings. The average molecular weight is 435 g/mol. The standard InChI is InChI=1S/C18H21N5O6S/c1-12-20-16(10-23(12)2)30(25,26)19-9-8-17(24)28-11-15-21-18(22-29-15)13-6-4-5-7-14(13)27-3/h4-7,10,19H,8-9,11H2,1-3H3. The molecule has 0 aliphatic carbocycles. The number of imidazole rings is 1. The second-order valence-corrected chi connectivity index (χ2v) is 7.97. The van der Waals surface area contributed by atoms with E-state index in [4.69, 9.17) is 14.0 Å². The lowest BCUT2D eigenvalue weighted by Gasteiger charge is -2.04. The third-order valence-electron chi connectivity index (χ3n) is 4.16. The van der Waals surface area contributed by atoms with E-state index in [1.807, 2.05) is 6.07 Å². The monoisotopic (exact) mass is 435 g/mol. The van der Waals surface area contributed by atoms with Crippen molar-refractivity contribution in [2.75, 3.05) is 13.7 Å². The number of ether oxygens (including phenoxy) is 2. The zero-order chi connectivity index (χ0) is 21.7. The summed E-state index contributed by atoms with van der Waals surface area (Å²) in [7, 11) is -0.578. The fraction of sp³-hybridized carbons (Fsp3) is 0.333. The van der Waals surface area contributed by atoms with Gasteiger partial charge in [0.2, 0.25) is 5.82 Å². The van der Waals surface area contributed by atoms with Gasteiger partial charge in [0.15, 0.2) is 11.6 Å². The number of methoxy groups -OCH3 is 1. The van der Waals surface area contributed by atoms with Gasteiger partial charge in [0.1, 0.15) is 11.6 Å². The molecule has 0 radical (unpaired) electrons. The molecule has 0 bridgehead atoms. The highest BCUT2D eigenvalue weighted by Gasteiger charge is 2.19. The lowest BCUT2D eigenvalue weighted by atomic mass is 10.2. The second-order valence-electron chi connectivity index (χ2n) is 6.26. The molecule has 12 heteroatoms. The Morgan fingerprint density at radius 2 is 2.03 bits per heavy atom. The lowest BCUT2D eigenvalue weighted by molar-refractivity contribution is -0.145. The maximum atomic E-state index is 12.2. The highest BCUT2D eigenvalue weighted by atomic mass is 32.2. The van der Waals surface area contributed by atoms with Crippen LogP contribution >= 0.6 is 0 Å². The molecular weight excluding hydrogens is 414 g/mol. The molecule has 2 heterocycles. The van der Waals surface area contributed by atoms with Gasteiger partial charge in [-0.2, -0.15) is 4.98 Å². The van der Waals surface area contributed by atoms with Crippen LogP contribution in [0.15, 0.2) is 40.0 Å². The number of benzene rings is 1. The minimum atomic E-state index is -3.80. The van der Waals surface area contributed by atoms with Gasteiger partial charge in [-0.05, 0) is 19.1 Å². The van der Waals surface area contributed by atoms with Gasteiger partial charge in [-0.3, -0.25) is 4.79 Å². The first-order chi connectivity index (χ1) is 14.3. The number of nitrogens with zero attached hydrogens (tertiary/aromatic N) is 4. The normalized spacial score (nSPS) is 11.4. The molecule has 160 valence electrons. The van der Waals surface area contributed by atoms with Crippen molar-refractivity contribution in [3.63, 3.8) is 0 Å². The summed E-state index contributed by atoms with van der Waals surface area (Å²) in [5.41, 5.74) is 0.639. The molecule has 1 aromatic carbocycles. The van der Waals surface area contributed by atoms with Gasteiger partial charge in [0.05, 0.1) is 19.1 Å². The van der Waals surface area contributed by atoms with Crippen molar-refractivity contribution in [1.29, 1.82) is 0 Å². The van der Waals surface area contributed by atoms with Crippen LogP contribution in [0.5, 0.6) is 5.75 Å². The Morgan fingerprint density at radius 3 is 2.73 bits per heavy atom. The van der Waals surface area contributed by atoms with Crippen molar-refractivity contribution in [2.24, 2.45) is 7.05 Å². The Kier molecular flexibility index (Phi) is 6.47. The number of sulfonamides is 1. The van der Waals surface area contributed by atoms with E-state index in [-0.39, 0.29) is 30.5 Å². The predicted molar refractivity (Wildman–Crippen MR) is 104 cm³/mol. The Hall–Kier alpha value is -3.25. The molecule has 0 saturated carbocycles. The first-order valence-corrected chi connectivity index (χ1v) is 10.4. The van der Waals surface area contributed by atoms with E-state index < -0.39 is 16.0 Å². The fourth-order valence-corrected chi connectivity index (χ4v) is 3.55. The van der Waals surface area contributed by atoms with Crippen LogP contribution < -0.4 is 9.46 Å². The summed E-state index contributed by atoms with van der Waals surface area (Å²) >= 11 is 0. The van der Waals surface area contributed by atoms with Gasteiger partial charge in [-0.1, -0.05) is 17.3 Å². The minimum absolute atomic E-state index is 0.105. The molecular formula is C18H21N5O6S. The van der Waals surface area contributed by atoms with Gasteiger partial charge in [0, 0.05) is 19.8 Å². The van der Waals surface area contributed by atoms with E-state index in [1.54, 1.807) is 36.7 Å². The van der Waals surface area contributed by atoms with Crippen molar-refractivity contribution in [1.82, 2.24) is 24.4 Å². The second kappa shape index (κ2) is 9.05. The maximum absolute atomic E-state index is 12.2. The first kappa shape index (κ1) is 21.5. The molecule has 0 aliphatic heterocycles. The smallest absolute Gasteiger partial charge is 0.307 e. The van der Waals surface area contributed by atoms with E-state index in [1.165, 1.54) is 13.3 Å². The van der Waals surface area contributed by atoms with E-state index in [0.29, 0.717) is 23.0 Å². The summed E-state index contributed by atoms with van der Waals surface area (Å²) in [6.45, 7) is 1.33. The van der Waals surface area contributed by atoms with Gasteiger partial charge in [-0.25, -0.2) is 18.1 Å². The largest absolute Gasteiger partial charge is 0.496 e. The third-order valence-corrected chi connectivity index (χ3v) is 5.49. The Bertz CT molecular complexity index is 1120. The number of nitrogens with one attached hydrogen (secondary N) is 1. The number of carbonyl (C=O) groups is 1. The molecule has 0 atom stereocenters. The topological polar surface area (TPSA) is 138 Å². The number of aryl methyl sites for hydroxylation is 2. The first-order valence-electron chi connectivity index (χ1n) is 8.91. The molecule has 3 aromatic rings. The summed E-state index contributed by atoms with van der Waals surface area (Å²) in [6.07, 6.45) is 1.23. The molecule has 1 N–H and O–H groups in total. The maximum Gasteiger partial charge on any atom is 0.307 e. The van der Waals surface area contributed by atoms with Gasteiger partial charge < -0.3 is 18.6 Å². The number of aromatic nitrogens is 4. The molecule has 2 aromatic heterocycles. The average Bonchev–Trinajstić information content (AvgIpc) is 3.33. The zero-order valence-corrected chi connectivity index (χ0v) is 17.5. The highest BCUT2D eigenvalue weighted by molar-refractivity contribution is 7.89. The molecule has 11 nitrogen and oxygen atoms in total. The Labute approximate surface area is 173 Å². The number of esters is 1. The highest BCUT2D eigenvalue weighted by Crippen LogP contribution is 2.27. The van der Waals surface area contributed by atoms with E-state index in [0.717, 1.165) is 0 Å². The van der Waals surface area contributed by atoms with Crippen LogP contribution in [0.2, 0.25) is 0 Å². The molecule has 3 rings (SSSR count). The van der Waals surface area contributed by atoms with Crippen LogP contribution in [0.3, 0.4) is 0 Å². The molecule has 0 unspecified atom stereocenters. The molecule has 0 saturated heterocycles. The van der Waals surface area contributed by atoms with Crippen LogP contribution in [0, 0.1) is 6.92 Å². The van der Waals surface area contributed by atoms with Gasteiger partial charge in [0.25, 0.3) is 15.9 Å². The van der Waals surface area contributed by atoms with E-state index in [9.17, 15) is 13.2 Å². The van der Waals surface area contributed by atoms with Crippen LogP contribution in [0.4, 0.5) is 0 Å². The zero-order valence-electron chi connectivity index (χ0n) is 16.7. The molecule has 0 amide bonds. The number of para-hydroxylation sites is 1. The van der Waals surface area contributed by atoms with Crippen molar-refractivity contribution in [3.05, 3.63) is 42.2 Å². The summed E-state index contributed by atoms with van der Waals surface area (Å²) in [5.74, 6) is 0.928. The Morgan fingerprint density at radius 1 is 1.27 bits per heavy atom. The van der Waals surface area contributed by atoms with Crippen LogP contribution in [-0.4, -0.2) is 47.7 Å². The lowest BCUT2D eigenvalue weighted by Crippen LogP contribution is -2.27. The summed E-state index contributed by atoms with van der Waals surface area (Å²) in [5, 5.41) is 3.75. The Balaban J connectivity index is 1.49. The van der Waals surface area contributed by atoms with Crippen LogP contribution in [0.1, 0.15) is 18.1 Å². The van der Waals surface area contributed by atoms with Crippen LogP contribution in [-0.2, 0) is 33.2 Å². The number of carbonyl (C=O) groups excluding carboxylic acids is 1. The molecule has 0 aliphatic rings. The fourth-order valence-electron chi connectivity index (χ4n) is 2.48. The third kappa shape index (κ3) is 5.02. The van der Waals surface area contributed by atoms with Crippen molar-refractivity contribution in [3.8, 4) is 17.1 Å². The van der Waals surface area contributed by atoms with Crippen molar-refractivity contribution >= 4 is 16.0 Å². The molecule has 30 heavy (non-hydrogen) atoms. The van der Waals surface area contributed by atoms with Gasteiger partial charge >= 0.3 is 5.97 Å². The van der Waals surface area contributed by atoms with E-state index in [2.05, 4.69) is 19.8 Å². The number of rotatable bonds is 9. The SMILES string of the molecule is COc1ccccc1-c1noc(COC(=O)CCNS(=O)(=O)c2cn(C)c(C)n2)n1. The predicted octanol–water partition coefficient (Wildman–Crippen LogP) is 1.20. The van der Waals surface area contributed by atoms with Crippen LogP contribution in [0.25, 0.3) is 11.4 Å². The van der Waals surface area contributed by atoms with E-state index >= 15 is 0 Å². The number of hydrogen-bond acceptors (Lipinski definition) is 9.